The third-order valence-electron chi connectivity index (χ3n) is 3.87. The molecule has 100 valence electrons. The SMILES string of the molecule is C=CCC1CC(=O)c2cc(OC)ccc2C1CC=C. The van der Waals surface area contributed by atoms with Gasteiger partial charge in [0.1, 0.15) is 5.75 Å². The average molecular weight is 256 g/mol. The second kappa shape index (κ2) is 5.87. The van der Waals surface area contributed by atoms with E-state index in [0.717, 1.165) is 29.7 Å². The normalized spacial score (nSPS) is 21.6. The van der Waals surface area contributed by atoms with E-state index < -0.39 is 0 Å². The first-order valence-electron chi connectivity index (χ1n) is 6.64. The summed E-state index contributed by atoms with van der Waals surface area (Å²) in [6.07, 6.45) is 6.19. The lowest BCUT2D eigenvalue weighted by Gasteiger charge is -2.32. The van der Waals surface area contributed by atoms with E-state index in [9.17, 15) is 4.79 Å². The minimum absolute atomic E-state index is 0.209. The predicted octanol–water partition coefficient (Wildman–Crippen LogP) is 4.13. The van der Waals surface area contributed by atoms with Crippen LogP contribution < -0.4 is 4.74 Å². The van der Waals surface area contributed by atoms with Gasteiger partial charge in [-0.2, -0.15) is 0 Å². The summed E-state index contributed by atoms with van der Waals surface area (Å²) in [6.45, 7) is 7.64. The van der Waals surface area contributed by atoms with E-state index in [-0.39, 0.29) is 5.78 Å². The molecule has 0 fully saturated rings. The highest BCUT2D eigenvalue weighted by atomic mass is 16.5. The van der Waals surface area contributed by atoms with Gasteiger partial charge in [0.25, 0.3) is 0 Å². The lowest BCUT2D eigenvalue weighted by Crippen LogP contribution is -2.24. The zero-order chi connectivity index (χ0) is 13.8. The molecule has 2 atom stereocenters. The van der Waals surface area contributed by atoms with Gasteiger partial charge in [0, 0.05) is 12.0 Å². The summed E-state index contributed by atoms with van der Waals surface area (Å²) in [6, 6.07) is 5.81. The van der Waals surface area contributed by atoms with Gasteiger partial charge in [-0.25, -0.2) is 0 Å². The summed E-state index contributed by atoms with van der Waals surface area (Å²) in [5, 5.41) is 0. The van der Waals surface area contributed by atoms with Gasteiger partial charge in [-0.3, -0.25) is 4.79 Å². The van der Waals surface area contributed by atoms with Gasteiger partial charge >= 0.3 is 0 Å². The molecule has 0 saturated carbocycles. The molecule has 0 radical (unpaired) electrons. The molecule has 0 aromatic heterocycles. The Morgan fingerprint density at radius 3 is 2.68 bits per heavy atom. The summed E-state index contributed by atoms with van der Waals surface area (Å²) in [4.78, 5) is 12.3. The zero-order valence-electron chi connectivity index (χ0n) is 11.4. The molecule has 1 aliphatic rings. The Labute approximate surface area is 114 Å². The number of Topliss-reactive ketones (excluding diaryl/α,β-unsaturated/α-hetero) is 1. The number of allylic oxidation sites excluding steroid dienone is 2. The first-order chi connectivity index (χ1) is 9.21. The molecule has 0 bridgehead atoms. The maximum Gasteiger partial charge on any atom is 0.163 e. The molecule has 0 saturated heterocycles. The molecular formula is C17H20O2. The molecule has 19 heavy (non-hydrogen) atoms. The lowest BCUT2D eigenvalue weighted by molar-refractivity contribution is 0.0937. The van der Waals surface area contributed by atoms with Crippen molar-refractivity contribution < 1.29 is 9.53 Å². The Morgan fingerprint density at radius 1 is 1.32 bits per heavy atom. The van der Waals surface area contributed by atoms with Crippen molar-refractivity contribution >= 4 is 5.78 Å². The number of carbonyl (C=O) groups is 1. The van der Waals surface area contributed by atoms with Gasteiger partial charge in [0.05, 0.1) is 7.11 Å². The third-order valence-corrected chi connectivity index (χ3v) is 3.87. The molecule has 1 aromatic carbocycles. The number of hydrogen-bond acceptors (Lipinski definition) is 2. The van der Waals surface area contributed by atoms with E-state index in [0.29, 0.717) is 18.3 Å². The van der Waals surface area contributed by atoms with Gasteiger partial charge in [-0.05, 0) is 42.4 Å². The highest BCUT2D eigenvalue weighted by Crippen LogP contribution is 2.41. The van der Waals surface area contributed by atoms with E-state index in [1.807, 2.05) is 30.4 Å². The van der Waals surface area contributed by atoms with Crippen molar-refractivity contribution in [3.8, 4) is 5.75 Å². The van der Waals surface area contributed by atoms with Gasteiger partial charge in [-0.15, -0.1) is 13.2 Å². The van der Waals surface area contributed by atoms with Crippen LogP contribution >= 0.6 is 0 Å². The van der Waals surface area contributed by atoms with E-state index in [1.54, 1.807) is 7.11 Å². The minimum atomic E-state index is 0.209. The summed E-state index contributed by atoms with van der Waals surface area (Å²) < 4.78 is 5.21. The van der Waals surface area contributed by atoms with Crippen molar-refractivity contribution in [2.45, 2.75) is 25.2 Å². The fraction of sp³-hybridized carbons (Fsp3) is 0.353. The number of methoxy groups -OCH3 is 1. The summed E-state index contributed by atoms with van der Waals surface area (Å²) in [5.74, 6) is 1.64. The van der Waals surface area contributed by atoms with Crippen LogP contribution in [0.1, 0.15) is 41.1 Å². The first-order valence-corrected chi connectivity index (χ1v) is 6.64. The molecule has 2 unspecified atom stereocenters. The number of hydrogen-bond donors (Lipinski definition) is 0. The number of fused-ring (bicyclic) bond motifs is 1. The molecule has 0 amide bonds. The third kappa shape index (κ3) is 2.62. The van der Waals surface area contributed by atoms with Crippen LogP contribution in [0, 0.1) is 5.92 Å². The number of rotatable bonds is 5. The van der Waals surface area contributed by atoms with Crippen LogP contribution in [0.2, 0.25) is 0 Å². The van der Waals surface area contributed by atoms with E-state index in [1.165, 1.54) is 0 Å². The van der Waals surface area contributed by atoms with Crippen molar-refractivity contribution in [1.82, 2.24) is 0 Å². The van der Waals surface area contributed by atoms with Gasteiger partial charge in [0.2, 0.25) is 0 Å². The van der Waals surface area contributed by atoms with Gasteiger partial charge in [0.15, 0.2) is 5.78 Å². The van der Waals surface area contributed by atoms with E-state index in [4.69, 9.17) is 4.74 Å². The summed E-state index contributed by atoms with van der Waals surface area (Å²) in [5.41, 5.74) is 1.94. The van der Waals surface area contributed by atoms with Gasteiger partial charge in [-0.1, -0.05) is 18.2 Å². The highest BCUT2D eigenvalue weighted by Gasteiger charge is 2.32. The molecule has 1 aromatic rings. The number of ketones is 1. The summed E-state index contributed by atoms with van der Waals surface area (Å²) in [7, 11) is 1.62. The van der Waals surface area contributed by atoms with Crippen molar-refractivity contribution in [3.63, 3.8) is 0 Å². The standard InChI is InChI=1S/C17H20O2/c1-4-6-12-10-17(18)16-11-13(19-3)8-9-15(16)14(12)7-5-2/h4-5,8-9,11-12,14H,1-2,6-7,10H2,3H3. The first kappa shape index (κ1) is 13.6. The Hall–Kier alpha value is -1.83. The maximum absolute atomic E-state index is 12.3. The molecule has 0 spiro atoms. The number of benzene rings is 1. The topological polar surface area (TPSA) is 26.3 Å². The molecule has 2 rings (SSSR count). The van der Waals surface area contributed by atoms with Crippen LogP contribution in [0.3, 0.4) is 0 Å². The van der Waals surface area contributed by atoms with Crippen molar-refractivity contribution in [2.24, 2.45) is 5.92 Å². The van der Waals surface area contributed by atoms with Crippen molar-refractivity contribution in [1.29, 1.82) is 0 Å². The van der Waals surface area contributed by atoms with Crippen molar-refractivity contribution in [3.05, 3.63) is 54.6 Å². The molecular weight excluding hydrogens is 236 g/mol. The molecule has 0 heterocycles. The second-order valence-electron chi connectivity index (χ2n) is 5.00. The zero-order valence-corrected chi connectivity index (χ0v) is 11.4. The van der Waals surface area contributed by atoms with Crippen LogP contribution in [0.15, 0.2) is 43.5 Å². The maximum atomic E-state index is 12.3. The second-order valence-corrected chi connectivity index (χ2v) is 5.00. The molecule has 1 aliphatic carbocycles. The van der Waals surface area contributed by atoms with Gasteiger partial charge < -0.3 is 4.74 Å². The number of carbonyl (C=O) groups excluding carboxylic acids is 1. The molecule has 2 nitrogen and oxygen atoms in total. The van der Waals surface area contributed by atoms with E-state index >= 15 is 0 Å². The van der Waals surface area contributed by atoms with Crippen LogP contribution in [-0.4, -0.2) is 12.9 Å². The molecule has 2 heteroatoms. The Bertz CT molecular complexity index is 502. The lowest BCUT2D eigenvalue weighted by atomic mass is 9.71. The monoisotopic (exact) mass is 256 g/mol. The predicted molar refractivity (Wildman–Crippen MR) is 77.8 cm³/mol. The Balaban J connectivity index is 2.44. The Kier molecular flexibility index (Phi) is 4.20. The van der Waals surface area contributed by atoms with Crippen LogP contribution in [-0.2, 0) is 0 Å². The van der Waals surface area contributed by atoms with Crippen LogP contribution in [0.25, 0.3) is 0 Å². The fourth-order valence-corrected chi connectivity index (χ4v) is 2.93. The molecule has 0 aliphatic heterocycles. The average Bonchev–Trinajstić information content (AvgIpc) is 2.43. The minimum Gasteiger partial charge on any atom is -0.497 e. The quantitative estimate of drug-likeness (QED) is 0.740. The summed E-state index contributed by atoms with van der Waals surface area (Å²) >= 11 is 0. The van der Waals surface area contributed by atoms with E-state index in [2.05, 4.69) is 13.2 Å². The van der Waals surface area contributed by atoms with Crippen LogP contribution in [0.4, 0.5) is 0 Å². The highest BCUT2D eigenvalue weighted by molar-refractivity contribution is 5.99. The van der Waals surface area contributed by atoms with Crippen molar-refractivity contribution in [2.75, 3.05) is 7.11 Å². The Morgan fingerprint density at radius 2 is 2.05 bits per heavy atom. The smallest absolute Gasteiger partial charge is 0.163 e. The molecule has 0 N–H and O–H groups in total. The largest absolute Gasteiger partial charge is 0.497 e. The fourth-order valence-electron chi connectivity index (χ4n) is 2.93. The van der Waals surface area contributed by atoms with Crippen LogP contribution in [0.5, 0.6) is 5.75 Å². The number of ether oxygens (including phenoxy) is 1.